The maximum atomic E-state index is 12.2. The van der Waals surface area contributed by atoms with Gasteiger partial charge in [-0.15, -0.1) is 0 Å². The van der Waals surface area contributed by atoms with Crippen molar-refractivity contribution >= 4 is 58.0 Å². The second-order valence-corrected chi connectivity index (χ2v) is 6.84. The lowest BCUT2D eigenvalue weighted by Gasteiger charge is -2.08. The Bertz CT molecular complexity index is 793. The van der Waals surface area contributed by atoms with Gasteiger partial charge in [0.2, 0.25) is 11.8 Å². The van der Waals surface area contributed by atoms with Crippen molar-refractivity contribution in [2.45, 2.75) is 6.42 Å². The van der Waals surface area contributed by atoms with Gasteiger partial charge >= 0.3 is 0 Å². The third-order valence-electron chi connectivity index (χ3n) is 3.76. The van der Waals surface area contributed by atoms with Crippen LogP contribution in [0, 0.1) is 11.8 Å². The predicted molar refractivity (Wildman–Crippen MR) is 96.8 cm³/mol. The molecule has 0 aromatic heterocycles. The second-order valence-electron chi connectivity index (χ2n) is 5.56. The zero-order chi connectivity index (χ0) is 17.3. The summed E-state index contributed by atoms with van der Waals surface area (Å²) in [4.78, 5) is 24.4. The summed E-state index contributed by atoms with van der Waals surface area (Å²) in [5.41, 5.74) is 1.13. The number of benzene rings is 2. The number of hydrogen-bond donors (Lipinski definition) is 2. The summed E-state index contributed by atoms with van der Waals surface area (Å²) in [5, 5.41) is 6.95. The van der Waals surface area contributed by atoms with Crippen LogP contribution in [0.3, 0.4) is 0 Å². The fourth-order valence-corrected chi connectivity index (χ4v) is 2.94. The Kier molecular flexibility index (Phi) is 4.99. The maximum absolute atomic E-state index is 12.2. The molecule has 2 aromatic rings. The molecule has 0 bridgehead atoms. The van der Waals surface area contributed by atoms with Crippen molar-refractivity contribution in [3.8, 4) is 0 Å². The quantitative estimate of drug-likeness (QED) is 0.792. The van der Waals surface area contributed by atoms with Gasteiger partial charge in [0.15, 0.2) is 0 Å². The summed E-state index contributed by atoms with van der Waals surface area (Å²) in [7, 11) is 0. The largest absolute Gasteiger partial charge is 0.326 e. The molecule has 0 radical (unpaired) electrons. The molecule has 0 saturated heterocycles. The molecular formula is C17H13Cl3N2O2. The van der Waals surface area contributed by atoms with E-state index in [9.17, 15) is 9.59 Å². The SMILES string of the molecule is O=C(Nc1ccc(Cl)cc1)C1CC1C(=O)Nc1ccc(Cl)cc1Cl. The van der Waals surface area contributed by atoms with Gasteiger partial charge in [0.1, 0.15) is 0 Å². The van der Waals surface area contributed by atoms with E-state index in [0.717, 1.165) is 0 Å². The third kappa shape index (κ3) is 4.01. The number of amides is 2. The van der Waals surface area contributed by atoms with E-state index in [2.05, 4.69) is 10.6 Å². The molecule has 7 heteroatoms. The highest BCUT2D eigenvalue weighted by molar-refractivity contribution is 6.36. The van der Waals surface area contributed by atoms with Crippen LogP contribution in [-0.4, -0.2) is 11.8 Å². The van der Waals surface area contributed by atoms with Crippen molar-refractivity contribution in [3.63, 3.8) is 0 Å². The van der Waals surface area contributed by atoms with Gasteiger partial charge in [0.25, 0.3) is 0 Å². The molecule has 1 aliphatic rings. The van der Waals surface area contributed by atoms with Crippen molar-refractivity contribution in [1.82, 2.24) is 0 Å². The first-order chi connectivity index (χ1) is 11.4. The molecule has 2 amide bonds. The number of rotatable bonds is 4. The minimum atomic E-state index is -0.357. The van der Waals surface area contributed by atoms with Gasteiger partial charge in [-0.25, -0.2) is 0 Å². The van der Waals surface area contributed by atoms with E-state index in [4.69, 9.17) is 34.8 Å². The predicted octanol–water partition coefficient (Wildman–Crippen LogP) is 4.86. The van der Waals surface area contributed by atoms with Gasteiger partial charge in [-0.2, -0.15) is 0 Å². The summed E-state index contributed by atoms with van der Waals surface area (Å²) < 4.78 is 0. The molecule has 1 saturated carbocycles. The van der Waals surface area contributed by atoms with Crippen LogP contribution in [-0.2, 0) is 9.59 Å². The number of nitrogens with one attached hydrogen (secondary N) is 2. The first-order valence-corrected chi connectivity index (χ1v) is 8.40. The Morgan fingerprint density at radius 1 is 0.833 bits per heavy atom. The monoisotopic (exact) mass is 382 g/mol. The summed E-state index contributed by atoms with van der Waals surface area (Å²) in [6.45, 7) is 0. The zero-order valence-corrected chi connectivity index (χ0v) is 14.6. The van der Waals surface area contributed by atoms with Crippen LogP contribution in [0.2, 0.25) is 15.1 Å². The van der Waals surface area contributed by atoms with Gasteiger partial charge < -0.3 is 10.6 Å². The first kappa shape index (κ1) is 17.1. The van der Waals surface area contributed by atoms with Crippen molar-refractivity contribution in [2.75, 3.05) is 10.6 Å². The molecule has 2 N–H and O–H groups in total. The smallest absolute Gasteiger partial charge is 0.228 e. The summed E-state index contributed by atoms with van der Waals surface area (Å²) in [6.07, 6.45) is 0.510. The standard InChI is InChI=1S/C17H13Cl3N2O2/c18-9-1-4-11(5-2-9)21-16(23)12-8-13(12)17(24)22-15-6-3-10(19)7-14(15)20/h1-7,12-13H,8H2,(H,21,23)(H,22,24). The zero-order valence-electron chi connectivity index (χ0n) is 12.4. The normalized spacial score (nSPS) is 18.8. The van der Waals surface area contributed by atoms with E-state index in [1.54, 1.807) is 42.5 Å². The molecule has 1 aliphatic carbocycles. The first-order valence-electron chi connectivity index (χ1n) is 7.26. The van der Waals surface area contributed by atoms with Crippen molar-refractivity contribution in [2.24, 2.45) is 11.8 Å². The van der Waals surface area contributed by atoms with Gasteiger partial charge in [0.05, 0.1) is 22.5 Å². The maximum Gasteiger partial charge on any atom is 0.228 e. The Morgan fingerprint density at radius 3 is 2.04 bits per heavy atom. The molecule has 4 nitrogen and oxygen atoms in total. The number of hydrogen-bond acceptors (Lipinski definition) is 2. The van der Waals surface area contributed by atoms with Crippen molar-refractivity contribution in [1.29, 1.82) is 0 Å². The van der Waals surface area contributed by atoms with Crippen LogP contribution in [0.5, 0.6) is 0 Å². The average Bonchev–Trinajstić information content (AvgIpc) is 3.33. The van der Waals surface area contributed by atoms with E-state index in [0.29, 0.717) is 32.9 Å². The molecule has 24 heavy (non-hydrogen) atoms. The van der Waals surface area contributed by atoms with Gasteiger partial charge in [-0.1, -0.05) is 34.8 Å². The topological polar surface area (TPSA) is 58.2 Å². The van der Waals surface area contributed by atoms with Crippen LogP contribution >= 0.6 is 34.8 Å². The highest BCUT2D eigenvalue weighted by Gasteiger charge is 2.48. The summed E-state index contributed by atoms with van der Waals surface area (Å²) >= 11 is 17.7. The van der Waals surface area contributed by atoms with Gasteiger partial charge in [0, 0.05) is 15.7 Å². The molecule has 0 aliphatic heterocycles. The fourth-order valence-electron chi connectivity index (χ4n) is 2.36. The lowest BCUT2D eigenvalue weighted by Crippen LogP contribution is -2.20. The summed E-state index contributed by atoms with van der Waals surface area (Å²) in [6, 6.07) is 11.6. The molecule has 2 atom stereocenters. The van der Waals surface area contributed by atoms with Gasteiger partial charge in [-0.3, -0.25) is 9.59 Å². The van der Waals surface area contributed by atoms with Crippen LogP contribution in [0.4, 0.5) is 11.4 Å². The van der Waals surface area contributed by atoms with Crippen LogP contribution in [0.25, 0.3) is 0 Å². The second kappa shape index (κ2) is 7.01. The highest BCUT2D eigenvalue weighted by Crippen LogP contribution is 2.40. The number of carbonyl (C=O) groups is 2. The molecule has 0 spiro atoms. The minimum Gasteiger partial charge on any atom is -0.326 e. The van der Waals surface area contributed by atoms with E-state index in [-0.39, 0.29) is 23.7 Å². The van der Waals surface area contributed by atoms with Gasteiger partial charge in [-0.05, 0) is 48.9 Å². The molecule has 0 heterocycles. The Balaban J connectivity index is 1.57. The minimum absolute atomic E-state index is 0.181. The van der Waals surface area contributed by atoms with E-state index >= 15 is 0 Å². The molecule has 2 aromatic carbocycles. The fraction of sp³-hybridized carbons (Fsp3) is 0.176. The van der Waals surface area contributed by atoms with Crippen LogP contribution < -0.4 is 10.6 Å². The van der Waals surface area contributed by atoms with E-state index in [1.165, 1.54) is 0 Å². The number of anilines is 2. The molecule has 2 unspecified atom stereocenters. The summed E-state index contributed by atoms with van der Waals surface area (Å²) in [5.74, 6) is -1.11. The number of halogens is 3. The molecule has 124 valence electrons. The van der Waals surface area contributed by atoms with Crippen LogP contribution in [0.15, 0.2) is 42.5 Å². The highest BCUT2D eigenvalue weighted by atomic mass is 35.5. The Morgan fingerprint density at radius 2 is 1.42 bits per heavy atom. The van der Waals surface area contributed by atoms with E-state index < -0.39 is 0 Å². The molecular weight excluding hydrogens is 371 g/mol. The average molecular weight is 384 g/mol. The van der Waals surface area contributed by atoms with Crippen LogP contribution in [0.1, 0.15) is 6.42 Å². The molecule has 3 rings (SSSR count). The lowest BCUT2D eigenvalue weighted by atomic mass is 10.2. The molecule has 1 fully saturated rings. The number of carbonyl (C=O) groups excluding carboxylic acids is 2. The Labute approximate surface area is 154 Å². The third-order valence-corrected chi connectivity index (χ3v) is 4.56. The lowest BCUT2D eigenvalue weighted by molar-refractivity contribution is -0.122. The van der Waals surface area contributed by atoms with Crippen molar-refractivity contribution < 1.29 is 9.59 Å². The van der Waals surface area contributed by atoms with Crippen molar-refractivity contribution in [3.05, 3.63) is 57.5 Å². The van der Waals surface area contributed by atoms with E-state index in [1.807, 2.05) is 0 Å². The Hall–Kier alpha value is -1.75.